The number of alkyl carbamates (subject to hydrolysis) is 1. The lowest BCUT2D eigenvalue weighted by Crippen LogP contribution is -2.47. The third-order valence-corrected chi connectivity index (χ3v) is 5.97. The Balaban J connectivity index is 1.49. The van der Waals surface area contributed by atoms with Crippen LogP contribution in [0.15, 0.2) is 18.2 Å². The Morgan fingerprint density at radius 2 is 1.58 bits per heavy atom. The minimum absolute atomic E-state index is 0.0670. The molecule has 0 aromatic heterocycles. The standard InChI is InChI=1S/C26H36N4O6/c1-25(2,3)30-22(33)18-8-7-16(15-19(18)23(30)34)21(32)29-13-10-17(11-14-29)28-20(31)9-12-27-24(35)36-26(4,5)6/h7-8,15,17H,9-14H2,1-6H3,(H,27,35)(H,28,31). The molecule has 0 unspecified atom stereocenters. The van der Waals surface area contributed by atoms with Crippen molar-refractivity contribution in [3.63, 3.8) is 0 Å². The van der Waals surface area contributed by atoms with E-state index in [1.165, 1.54) is 11.0 Å². The number of benzene rings is 1. The summed E-state index contributed by atoms with van der Waals surface area (Å²) in [5.74, 6) is -1.13. The molecule has 0 atom stereocenters. The van der Waals surface area contributed by atoms with Crippen molar-refractivity contribution in [1.29, 1.82) is 0 Å². The first-order valence-corrected chi connectivity index (χ1v) is 12.3. The van der Waals surface area contributed by atoms with Crippen LogP contribution in [-0.2, 0) is 9.53 Å². The summed E-state index contributed by atoms with van der Waals surface area (Å²) in [5.41, 5.74) is -0.328. The van der Waals surface area contributed by atoms with E-state index in [-0.39, 0.29) is 48.2 Å². The molecular weight excluding hydrogens is 464 g/mol. The number of imide groups is 1. The van der Waals surface area contributed by atoms with Crippen LogP contribution >= 0.6 is 0 Å². The number of ether oxygens (including phenoxy) is 1. The second-order valence-electron chi connectivity index (χ2n) is 11.2. The molecule has 2 heterocycles. The van der Waals surface area contributed by atoms with Crippen LogP contribution in [0.4, 0.5) is 4.79 Å². The fourth-order valence-electron chi connectivity index (χ4n) is 4.28. The molecule has 2 N–H and O–H groups in total. The van der Waals surface area contributed by atoms with Gasteiger partial charge in [0.25, 0.3) is 17.7 Å². The summed E-state index contributed by atoms with van der Waals surface area (Å²) in [6, 6.07) is 4.58. The van der Waals surface area contributed by atoms with Gasteiger partial charge in [-0.25, -0.2) is 4.79 Å². The summed E-state index contributed by atoms with van der Waals surface area (Å²) in [4.78, 5) is 65.4. The number of nitrogens with zero attached hydrogens (tertiary/aromatic N) is 2. The number of carbonyl (C=O) groups excluding carboxylic acids is 5. The number of hydrogen-bond acceptors (Lipinski definition) is 6. The van der Waals surface area contributed by atoms with E-state index in [1.54, 1.807) is 58.6 Å². The molecule has 36 heavy (non-hydrogen) atoms. The second kappa shape index (κ2) is 10.3. The Morgan fingerprint density at radius 3 is 2.17 bits per heavy atom. The molecule has 1 fully saturated rings. The Bertz CT molecular complexity index is 1060. The quantitative estimate of drug-likeness (QED) is 0.599. The van der Waals surface area contributed by atoms with Crippen LogP contribution in [0.2, 0.25) is 0 Å². The summed E-state index contributed by atoms with van der Waals surface area (Å²) < 4.78 is 5.14. The number of hydrogen-bond donors (Lipinski definition) is 2. The molecule has 0 saturated carbocycles. The highest BCUT2D eigenvalue weighted by Gasteiger charge is 2.42. The molecule has 1 aromatic carbocycles. The highest BCUT2D eigenvalue weighted by Crippen LogP contribution is 2.30. The smallest absolute Gasteiger partial charge is 0.407 e. The van der Waals surface area contributed by atoms with Gasteiger partial charge >= 0.3 is 6.09 Å². The van der Waals surface area contributed by atoms with E-state index in [2.05, 4.69) is 10.6 Å². The second-order valence-corrected chi connectivity index (χ2v) is 11.2. The molecule has 5 amide bonds. The largest absolute Gasteiger partial charge is 0.444 e. The molecule has 10 nitrogen and oxygen atoms in total. The lowest BCUT2D eigenvalue weighted by Gasteiger charge is -2.32. The maximum absolute atomic E-state index is 13.1. The Hall–Kier alpha value is -3.43. The number of rotatable bonds is 5. The molecule has 1 aromatic rings. The Morgan fingerprint density at radius 1 is 0.972 bits per heavy atom. The number of fused-ring (bicyclic) bond motifs is 1. The molecule has 10 heteroatoms. The van der Waals surface area contributed by atoms with Crippen LogP contribution in [0.1, 0.15) is 91.9 Å². The topological polar surface area (TPSA) is 125 Å². The number of amides is 5. The molecule has 3 rings (SSSR count). The van der Waals surface area contributed by atoms with Gasteiger partial charge in [-0.15, -0.1) is 0 Å². The number of nitrogens with one attached hydrogen (secondary N) is 2. The average Bonchev–Trinajstić information content (AvgIpc) is 3.02. The summed E-state index contributed by atoms with van der Waals surface area (Å²) >= 11 is 0. The molecule has 2 aliphatic rings. The van der Waals surface area contributed by atoms with E-state index < -0.39 is 17.2 Å². The predicted octanol–water partition coefficient (Wildman–Crippen LogP) is 2.72. The van der Waals surface area contributed by atoms with Crippen LogP contribution in [-0.4, -0.2) is 76.3 Å². The molecule has 1 saturated heterocycles. The van der Waals surface area contributed by atoms with Gasteiger partial charge < -0.3 is 20.3 Å². The SMILES string of the molecule is CC(C)(C)OC(=O)NCCC(=O)NC1CCN(C(=O)c2ccc3c(c2)C(=O)N(C(C)(C)C)C3=O)CC1. The summed E-state index contributed by atoms with van der Waals surface area (Å²) in [6.45, 7) is 11.8. The number of likely N-dealkylation sites (tertiary alicyclic amines) is 1. The lowest BCUT2D eigenvalue weighted by molar-refractivity contribution is -0.121. The first kappa shape index (κ1) is 27.2. The van der Waals surface area contributed by atoms with Crippen LogP contribution in [0.25, 0.3) is 0 Å². The van der Waals surface area contributed by atoms with Crippen molar-refractivity contribution in [1.82, 2.24) is 20.4 Å². The van der Waals surface area contributed by atoms with Gasteiger partial charge in [0, 0.05) is 43.2 Å². The predicted molar refractivity (Wildman–Crippen MR) is 133 cm³/mol. The van der Waals surface area contributed by atoms with Gasteiger partial charge in [0.1, 0.15) is 5.60 Å². The van der Waals surface area contributed by atoms with E-state index in [0.717, 1.165) is 0 Å². The van der Waals surface area contributed by atoms with Gasteiger partial charge in [-0.3, -0.25) is 24.1 Å². The summed E-state index contributed by atoms with van der Waals surface area (Å²) in [7, 11) is 0. The van der Waals surface area contributed by atoms with Crippen LogP contribution in [0, 0.1) is 0 Å². The minimum atomic E-state index is -0.657. The van der Waals surface area contributed by atoms with E-state index in [1.807, 2.05) is 0 Å². The van der Waals surface area contributed by atoms with Gasteiger partial charge in [-0.2, -0.15) is 0 Å². The van der Waals surface area contributed by atoms with Crippen molar-refractivity contribution in [2.45, 2.75) is 78.0 Å². The zero-order valence-corrected chi connectivity index (χ0v) is 21.9. The highest BCUT2D eigenvalue weighted by molar-refractivity contribution is 6.22. The monoisotopic (exact) mass is 500 g/mol. The van der Waals surface area contributed by atoms with Crippen molar-refractivity contribution >= 4 is 29.7 Å². The van der Waals surface area contributed by atoms with Crippen molar-refractivity contribution in [2.75, 3.05) is 19.6 Å². The normalized spacial score (nSPS) is 16.6. The first-order chi connectivity index (χ1) is 16.7. The maximum Gasteiger partial charge on any atom is 0.407 e. The molecule has 2 aliphatic heterocycles. The van der Waals surface area contributed by atoms with Crippen molar-refractivity contribution < 1.29 is 28.7 Å². The molecular formula is C26H36N4O6. The first-order valence-electron chi connectivity index (χ1n) is 12.3. The fourth-order valence-corrected chi connectivity index (χ4v) is 4.28. The van der Waals surface area contributed by atoms with E-state index >= 15 is 0 Å². The van der Waals surface area contributed by atoms with Crippen LogP contribution in [0.3, 0.4) is 0 Å². The summed E-state index contributed by atoms with van der Waals surface area (Å²) in [5, 5.41) is 5.51. The van der Waals surface area contributed by atoms with Crippen LogP contribution in [0.5, 0.6) is 0 Å². The van der Waals surface area contributed by atoms with Crippen molar-refractivity contribution in [2.24, 2.45) is 0 Å². The van der Waals surface area contributed by atoms with Crippen LogP contribution < -0.4 is 10.6 Å². The summed E-state index contributed by atoms with van der Waals surface area (Å²) in [6.07, 6.45) is 0.756. The van der Waals surface area contributed by atoms with E-state index in [4.69, 9.17) is 4.74 Å². The third kappa shape index (κ3) is 6.41. The van der Waals surface area contributed by atoms with Crippen molar-refractivity contribution in [3.8, 4) is 0 Å². The van der Waals surface area contributed by atoms with Gasteiger partial charge in [0.05, 0.1) is 11.1 Å². The van der Waals surface area contributed by atoms with Gasteiger partial charge in [-0.1, -0.05) is 0 Å². The maximum atomic E-state index is 13.1. The zero-order valence-electron chi connectivity index (χ0n) is 21.9. The van der Waals surface area contributed by atoms with Gasteiger partial charge in [-0.05, 0) is 72.6 Å². The van der Waals surface area contributed by atoms with Gasteiger partial charge in [0.2, 0.25) is 5.91 Å². The lowest BCUT2D eigenvalue weighted by atomic mass is 10.0. The van der Waals surface area contributed by atoms with Gasteiger partial charge in [0.15, 0.2) is 0 Å². The fraction of sp³-hybridized carbons (Fsp3) is 0.577. The minimum Gasteiger partial charge on any atom is -0.444 e. The molecule has 0 bridgehead atoms. The molecule has 196 valence electrons. The molecule has 0 radical (unpaired) electrons. The zero-order chi connectivity index (χ0) is 26.8. The van der Waals surface area contributed by atoms with Crippen molar-refractivity contribution in [3.05, 3.63) is 34.9 Å². The number of piperidine rings is 1. The molecule has 0 spiro atoms. The van der Waals surface area contributed by atoms with E-state index in [0.29, 0.717) is 37.1 Å². The van der Waals surface area contributed by atoms with E-state index in [9.17, 15) is 24.0 Å². The highest BCUT2D eigenvalue weighted by atomic mass is 16.6. The average molecular weight is 501 g/mol. The number of carbonyl (C=O) groups is 5. The Kier molecular flexibility index (Phi) is 7.76. The Labute approximate surface area is 211 Å². The molecule has 0 aliphatic carbocycles. The third-order valence-electron chi connectivity index (χ3n) is 5.97.